The molecule has 4 aliphatic rings. The third-order valence-corrected chi connectivity index (χ3v) is 7.34. The molecule has 2 amide bonds. The lowest BCUT2D eigenvalue weighted by atomic mass is 9.47. The highest BCUT2D eigenvalue weighted by molar-refractivity contribution is 6.23. The van der Waals surface area contributed by atoms with Crippen molar-refractivity contribution in [1.82, 2.24) is 0 Å². The zero-order valence-electron chi connectivity index (χ0n) is 16.6. The van der Waals surface area contributed by atoms with Crippen LogP contribution in [0.1, 0.15) is 33.7 Å². The van der Waals surface area contributed by atoms with Crippen LogP contribution in [0.2, 0.25) is 0 Å². The number of hydrogen-bond donors (Lipinski definition) is 1. The summed E-state index contributed by atoms with van der Waals surface area (Å²) in [6, 6.07) is 23.4. The van der Waals surface area contributed by atoms with E-state index in [1.165, 1.54) is 4.90 Å². The van der Waals surface area contributed by atoms with Crippen molar-refractivity contribution in [3.8, 4) is 0 Å². The number of rotatable bonds is 2. The van der Waals surface area contributed by atoms with Crippen molar-refractivity contribution in [2.45, 2.75) is 18.3 Å². The molecule has 7 rings (SSSR count). The molecule has 1 heterocycles. The van der Waals surface area contributed by atoms with E-state index in [1.54, 1.807) is 0 Å². The number of amides is 2. The van der Waals surface area contributed by atoms with Gasteiger partial charge in [0.1, 0.15) is 0 Å². The number of nitrogens with zero attached hydrogens (tertiary/aromatic N) is 1. The Kier molecular flexibility index (Phi) is 3.46. The van der Waals surface area contributed by atoms with E-state index in [-0.39, 0.29) is 24.3 Å². The average molecular weight is 395 g/mol. The maximum absolute atomic E-state index is 13.8. The molecular weight excluding hydrogens is 374 g/mol. The molecule has 3 aromatic carbocycles. The Labute approximate surface area is 174 Å². The van der Waals surface area contributed by atoms with Crippen molar-refractivity contribution < 1.29 is 14.7 Å². The molecule has 1 aliphatic heterocycles. The van der Waals surface area contributed by atoms with Gasteiger partial charge < -0.3 is 5.11 Å². The summed E-state index contributed by atoms with van der Waals surface area (Å²) < 4.78 is 0. The fourth-order valence-corrected chi connectivity index (χ4v) is 6.15. The van der Waals surface area contributed by atoms with E-state index in [1.807, 2.05) is 79.7 Å². The third kappa shape index (κ3) is 1.90. The van der Waals surface area contributed by atoms with Crippen molar-refractivity contribution in [3.63, 3.8) is 0 Å². The number of carbonyl (C=O) groups excluding carboxylic acids is 2. The van der Waals surface area contributed by atoms with Gasteiger partial charge in [-0.15, -0.1) is 0 Å². The van der Waals surface area contributed by atoms with E-state index in [9.17, 15) is 14.7 Å². The van der Waals surface area contributed by atoms with E-state index in [0.717, 1.165) is 27.8 Å². The van der Waals surface area contributed by atoms with Crippen molar-refractivity contribution in [2.24, 2.45) is 11.8 Å². The summed E-state index contributed by atoms with van der Waals surface area (Å²) in [6.07, 6.45) is 0. The van der Waals surface area contributed by atoms with Crippen molar-refractivity contribution in [2.75, 3.05) is 11.5 Å². The molecule has 30 heavy (non-hydrogen) atoms. The lowest BCUT2D eigenvalue weighted by Gasteiger charge is -2.53. The topological polar surface area (TPSA) is 57.6 Å². The van der Waals surface area contributed by atoms with Crippen molar-refractivity contribution in [1.29, 1.82) is 0 Å². The smallest absolute Gasteiger partial charge is 0.239 e. The predicted molar refractivity (Wildman–Crippen MR) is 113 cm³/mol. The minimum absolute atomic E-state index is 0.166. The second kappa shape index (κ2) is 5.89. The normalized spacial score (nSPS) is 28.3. The molecule has 3 aromatic rings. The van der Waals surface area contributed by atoms with Gasteiger partial charge in [-0.3, -0.25) is 9.59 Å². The Morgan fingerprint density at radius 3 is 1.97 bits per heavy atom. The van der Waals surface area contributed by atoms with Gasteiger partial charge in [0, 0.05) is 5.92 Å². The molecule has 1 saturated heterocycles. The largest absolute Gasteiger partial charge is 0.395 e. The minimum atomic E-state index is -0.904. The van der Waals surface area contributed by atoms with E-state index in [2.05, 4.69) is 0 Å². The van der Waals surface area contributed by atoms with Crippen LogP contribution in [-0.2, 0) is 15.0 Å². The van der Waals surface area contributed by atoms with E-state index in [4.69, 9.17) is 0 Å². The zero-order valence-corrected chi connectivity index (χ0v) is 16.6. The predicted octanol–water partition coefficient (Wildman–Crippen LogP) is 3.54. The molecule has 0 unspecified atom stereocenters. The van der Waals surface area contributed by atoms with Crippen LogP contribution in [-0.4, -0.2) is 23.5 Å². The zero-order chi connectivity index (χ0) is 20.6. The lowest BCUT2D eigenvalue weighted by Crippen LogP contribution is -2.55. The number of carbonyl (C=O) groups is 2. The van der Waals surface area contributed by atoms with Gasteiger partial charge in [-0.25, -0.2) is 4.90 Å². The van der Waals surface area contributed by atoms with E-state index in [0.29, 0.717) is 5.69 Å². The maximum atomic E-state index is 13.8. The van der Waals surface area contributed by atoms with Gasteiger partial charge in [-0.2, -0.15) is 0 Å². The fourth-order valence-electron chi connectivity index (χ4n) is 6.15. The first kappa shape index (κ1) is 17.6. The van der Waals surface area contributed by atoms with Crippen LogP contribution in [0.5, 0.6) is 0 Å². The quantitative estimate of drug-likeness (QED) is 0.676. The molecule has 2 atom stereocenters. The number of aryl methyl sites for hydroxylation is 1. The third-order valence-electron chi connectivity index (χ3n) is 7.34. The maximum Gasteiger partial charge on any atom is 0.239 e. The molecule has 1 N–H and O–H groups in total. The van der Waals surface area contributed by atoms with Gasteiger partial charge in [-0.05, 0) is 41.3 Å². The van der Waals surface area contributed by atoms with E-state index < -0.39 is 17.3 Å². The molecule has 0 saturated carbocycles. The highest BCUT2D eigenvalue weighted by Gasteiger charge is 2.68. The van der Waals surface area contributed by atoms with Crippen molar-refractivity contribution >= 4 is 17.5 Å². The standard InChI is InChI=1S/C26H21NO3/c1-15-10-12-16(13-11-15)27-24(29)22-21-17-6-2-4-8-19(17)26(14-28,23(22)25(27)30)20-9-5-3-7-18(20)21/h2-13,21-23,28H,14H2,1H3/t21?,22-,23-,26?/m0/s1. The molecule has 4 heteroatoms. The van der Waals surface area contributed by atoms with Crippen molar-refractivity contribution in [3.05, 3.63) is 101 Å². The highest BCUT2D eigenvalue weighted by atomic mass is 16.3. The Morgan fingerprint density at radius 2 is 1.40 bits per heavy atom. The highest BCUT2D eigenvalue weighted by Crippen LogP contribution is 2.64. The molecule has 3 aliphatic carbocycles. The number of aliphatic hydroxyl groups excluding tert-OH is 1. The van der Waals surface area contributed by atoms with Gasteiger partial charge in [0.05, 0.1) is 29.5 Å². The van der Waals surface area contributed by atoms with Crippen LogP contribution in [0, 0.1) is 18.8 Å². The Morgan fingerprint density at radius 1 is 0.833 bits per heavy atom. The number of anilines is 1. The summed E-state index contributed by atoms with van der Waals surface area (Å²) in [4.78, 5) is 28.9. The second-order valence-corrected chi connectivity index (χ2v) is 8.63. The molecule has 2 bridgehead atoms. The minimum Gasteiger partial charge on any atom is -0.395 e. The monoisotopic (exact) mass is 395 g/mol. The summed E-state index contributed by atoms with van der Waals surface area (Å²) >= 11 is 0. The first-order valence-corrected chi connectivity index (χ1v) is 10.3. The number of aliphatic hydroxyl groups is 1. The first-order chi connectivity index (χ1) is 14.6. The fraction of sp³-hybridized carbons (Fsp3) is 0.231. The summed E-state index contributed by atoms with van der Waals surface area (Å²) in [5, 5.41) is 10.8. The molecule has 4 nitrogen and oxygen atoms in total. The van der Waals surface area contributed by atoms with Gasteiger partial charge in [-0.1, -0.05) is 66.2 Å². The summed E-state index contributed by atoms with van der Waals surface area (Å²) in [7, 11) is 0. The molecule has 0 radical (unpaired) electrons. The molecule has 1 fully saturated rings. The molecule has 148 valence electrons. The van der Waals surface area contributed by atoms with Crippen LogP contribution in [0.4, 0.5) is 5.69 Å². The van der Waals surface area contributed by atoms with E-state index >= 15 is 0 Å². The lowest BCUT2D eigenvalue weighted by molar-refractivity contribution is -0.124. The second-order valence-electron chi connectivity index (χ2n) is 8.63. The van der Waals surface area contributed by atoms with Gasteiger partial charge in [0.15, 0.2) is 0 Å². The van der Waals surface area contributed by atoms with Crippen LogP contribution in [0.3, 0.4) is 0 Å². The number of hydrogen-bond acceptors (Lipinski definition) is 3. The first-order valence-electron chi connectivity index (χ1n) is 10.3. The van der Waals surface area contributed by atoms with Gasteiger partial charge in [0.25, 0.3) is 0 Å². The SMILES string of the molecule is Cc1ccc(N2C(=O)[C@@H]3[C@@H](C2=O)C2c4ccccc4C3(CO)c3ccccc32)cc1. The van der Waals surface area contributed by atoms with Crippen LogP contribution >= 0.6 is 0 Å². The summed E-state index contributed by atoms with van der Waals surface area (Å²) in [6.45, 7) is 1.76. The Bertz CT molecular complexity index is 1170. The Hall–Kier alpha value is -3.24. The molecule has 0 spiro atoms. The number of benzene rings is 3. The van der Waals surface area contributed by atoms with Crippen LogP contribution in [0.25, 0.3) is 0 Å². The Balaban J connectivity index is 1.63. The molecular formula is C26H21NO3. The van der Waals surface area contributed by atoms with Gasteiger partial charge in [0.2, 0.25) is 11.8 Å². The van der Waals surface area contributed by atoms with Crippen LogP contribution < -0.4 is 4.90 Å². The average Bonchev–Trinajstić information content (AvgIpc) is 3.05. The number of imide groups is 1. The van der Waals surface area contributed by atoms with Gasteiger partial charge >= 0.3 is 0 Å². The molecule has 0 aromatic heterocycles. The summed E-state index contributed by atoms with van der Waals surface area (Å²) in [5.74, 6) is -1.66. The van der Waals surface area contributed by atoms with Crippen LogP contribution in [0.15, 0.2) is 72.8 Å². The summed E-state index contributed by atoms with van der Waals surface area (Å²) in [5.41, 5.74) is 4.83.